The third kappa shape index (κ3) is 14.0. The van der Waals surface area contributed by atoms with E-state index in [2.05, 4.69) is 31.9 Å². The Balaban J connectivity index is 2.43. The molecule has 0 saturated heterocycles. The Morgan fingerprint density at radius 3 is 1.82 bits per heavy atom. The Bertz CT molecular complexity index is 1540. The summed E-state index contributed by atoms with van der Waals surface area (Å²) in [6.45, 7) is 13.5. The van der Waals surface area contributed by atoms with Crippen LogP contribution in [0.1, 0.15) is 93.6 Å². The highest BCUT2D eigenvalue weighted by Gasteiger charge is 2.54. The van der Waals surface area contributed by atoms with Crippen LogP contribution >= 0.6 is 0 Å². The Kier molecular flexibility index (Phi) is 18.4. The van der Waals surface area contributed by atoms with Gasteiger partial charge in [-0.2, -0.15) is 0 Å². The smallest absolute Gasteiger partial charge is 0.408 e. The molecule has 0 radical (unpaired) electrons. The van der Waals surface area contributed by atoms with E-state index in [9.17, 15) is 43.8 Å². The van der Waals surface area contributed by atoms with Crippen molar-refractivity contribution in [1.29, 1.82) is 0 Å². The van der Waals surface area contributed by atoms with Gasteiger partial charge in [-0.25, -0.2) is 9.59 Å². The van der Waals surface area contributed by atoms with Crippen molar-refractivity contribution in [2.75, 3.05) is 13.7 Å². The number of esters is 1. The highest BCUT2D eigenvalue weighted by molar-refractivity contribution is 5.96. The van der Waals surface area contributed by atoms with E-state index < -0.39 is 113 Å². The summed E-state index contributed by atoms with van der Waals surface area (Å²) in [5, 5.41) is 37.7. The summed E-state index contributed by atoms with van der Waals surface area (Å²) in [5.74, 6) is -6.08. The molecule has 1 fully saturated rings. The number of benzene rings is 1. The van der Waals surface area contributed by atoms with Gasteiger partial charge in [-0.3, -0.25) is 24.0 Å². The van der Waals surface area contributed by atoms with Crippen LogP contribution in [-0.2, 0) is 44.7 Å². The van der Waals surface area contributed by atoms with E-state index in [0.29, 0.717) is 18.4 Å². The molecule has 7 atom stereocenters. The Hall–Kier alpha value is -4.77. The normalized spacial score (nSPS) is 17.4. The van der Waals surface area contributed by atoms with Gasteiger partial charge in [0.2, 0.25) is 29.5 Å². The fourth-order valence-corrected chi connectivity index (χ4v) is 6.55. The van der Waals surface area contributed by atoms with Crippen LogP contribution in [0, 0.1) is 17.8 Å². The van der Waals surface area contributed by atoms with Crippen molar-refractivity contribution in [3.05, 3.63) is 35.9 Å². The summed E-state index contributed by atoms with van der Waals surface area (Å²) >= 11 is 0. The zero-order valence-electron chi connectivity index (χ0n) is 34.9. The van der Waals surface area contributed by atoms with E-state index in [1.165, 1.54) is 21.0 Å². The number of amides is 6. The van der Waals surface area contributed by atoms with Crippen LogP contribution < -0.4 is 31.9 Å². The molecule has 1 saturated carbocycles. The van der Waals surface area contributed by atoms with Crippen LogP contribution in [-0.4, -0.2) is 113 Å². The standard InChI is InChI=1S/C40H64N6O11/c1-22(2)30(36(53)56-10)45-37(54)40(23(3)4,46-34(51)27-18-14-15-19-27)31(48)28(20-26-16-12-11-13-17-26)43-33(50)25(6)41-32(49)24(5)42-35(52)29(21-47)44-38(55)57-39(7,8)9/h11-13,16-17,22-25,27-31,47-48H,14-15,18-21H2,1-10H3,(H,41,49)(H,42,52)(H,43,50)(H,44,55)(H,45,54)(H,46,51)/t24-,25-,28?,29-,30-,31?,40-/m0/s1. The number of alkyl carbamates (subject to hydrolysis) is 1. The lowest BCUT2D eigenvalue weighted by atomic mass is 9.75. The number of carbonyl (C=O) groups excluding carboxylic acids is 7. The number of ether oxygens (including phenoxy) is 2. The highest BCUT2D eigenvalue weighted by atomic mass is 16.6. The molecule has 17 heteroatoms. The van der Waals surface area contributed by atoms with Gasteiger partial charge in [-0.1, -0.05) is 70.9 Å². The molecule has 0 spiro atoms. The first kappa shape index (κ1) is 48.4. The Morgan fingerprint density at radius 1 is 0.789 bits per heavy atom. The van der Waals surface area contributed by atoms with E-state index >= 15 is 0 Å². The van der Waals surface area contributed by atoms with Gasteiger partial charge in [0.1, 0.15) is 41.4 Å². The van der Waals surface area contributed by atoms with E-state index in [0.717, 1.165) is 12.8 Å². The van der Waals surface area contributed by atoms with Gasteiger partial charge in [-0.05, 0) is 71.3 Å². The SMILES string of the molecule is COC(=O)[C@@H](NC(=O)[C@](NC(=O)C1CCCC1)(C(C)C)C(O)C(Cc1ccccc1)NC(=O)[C@H](C)NC(=O)[C@H](C)NC(=O)[C@H](CO)NC(=O)OC(C)(C)C)C(C)C. The summed E-state index contributed by atoms with van der Waals surface area (Å²) in [6, 6.07) is 2.54. The summed E-state index contributed by atoms with van der Waals surface area (Å²) in [6.07, 6.45) is 0.0784. The molecular weight excluding hydrogens is 740 g/mol. The first-order chi connectivity index (χ1) is 26.6. The zero-order valence-corrected chi connectivity index (χ0v) is 34.9. The van der Waals surface area contributed by atoms with Gasteiger partial charge in [0, 0.05) is 5.92 Å². The third-order valence-corrected chi connectivity index (χ3v) is 9.92. The number of rotatable bonds is 19. The minimum Gasteiger partial charge on any atom is -0.467 e. The lowest BCUT2D eigenvalue weighted by Crippen LogP contribution is -2.74. The number of aliphatic hydroxyl groups excluding tert-OH is 2. The molecule has 0 aliphatic heterocycles. The molecule has 0 heterocycles. The average molecular weight is 805 g/mol. The van der Waals surface area contributed by atoms with Crippen LogP contribution in [0.25, 0.3) is 0 Å². The lowest BCUT2D eigenvalue weighted by molar-refractivity contribution is -0.152. The molecular formula is C40H64N6O11. The number of aliphatic hydroxyl groups is 2. The van der Waals surface area contributed by atoms with Crippen molar-refractivity contribution >= 4 is 41.6 Å². The molecule has 57 heavy (non-hydrogen) atoms. The number of hydrogen-bond acceptors (Lipinski definition) is 11. The Labute approximate surface area is 335 Å². The molecule has 1 aromatic carbocycles. The van der Waals surface area contributed by atoms with E-state index in [1.54, 1.807) is 78.8 Å². The molecule has 1 aromatic rings. The third-order valence-electron chi connectivity index (χ3n) is 9.92. The van der Waals surface area contributed by atoms with Crippen molar-refractivity contribution in [3.63, 3.8) is 0 Å². The van der Waals surface area contributed by atoms with Gasteiger partial charge in [0.05, 0.1) is 19.8 Å². The van der Waals surface area contributed by atoms with Crippen molar-refractivity contribution in [2.24, 2.45) is 17.8 Å². The molecule has 2 rings (SSSR count). The maximum absolute atomic E-state index is 14.6. The second kappa shape index (κ2) is 21.7. The second-order valence-corrected chi connectivity index (χ2v) is 16.3. The molecule has 8 N–H and O–H groups in total. The van der Waals surface area contributed by atoms with Crippen LogP contribution in [0.5, 0.6) is 0 Å². The monoisotopic (exact) mass is 804 g/mol. The van der Waals surface area contributed by atoms with E-state index in [-0.39, 0.29) is 6.42 Å². The van der Waals surface area contributed by atoms with Crippen LogP contribution in [0.3, 0.4) is 0 Å². The minimum atomic E-state index is -2.07. The second-order valence-electron chi connectivity index (χ2n) is 16.3. The number of nitrogens with one attached hydrogen (secondary N) is 6. The van der Waals surface area contributed by atoms with E-state index in [1.807, 2.05) is 0 Å². The largest absolute Gasteiger partial charge is 0.467 e. The summed E-state index contributed by atoms with van der Waals surface area (Å²) in [7, 11) is 1.19. The van der Waals surface area contributed by atoms with Gasteiger partial charge >= 0.3 is 12.1 Å². The average Bonchev–Trinajstić information content (AvgIpc) is 3.69. The van der Waals surface area contributed by atoms with Gasteiger partial charge < -0.3 is 51.6 Å². The molecule has 1 aliphatic carbocycles. The zero-order chi connectivity index (χ0) is 43.2. The quantitative estimate of drug-likeness (QED) is 0.0916. The minimum absolute atomic E-state index is 0.0142. The van der Waals surface area contributed by atoms with Gasteiger partial charge in [0.25, 0.3) is 0 Å². The summed E-state index contributed by atoms with van der Waals surface area (Å²) in [4.78, 5) is 93.2. The molecule has 0 aromatic heterocycles. The summed E-state index contributed by atoms with van der Waals surface area (Å²) < 4.78 is 10.1. The lowest BCUT2D eigenvalue weighted by Gasteiger charge is -2.45. The maximum atomic E-state index is 14.6. The van der Waals surface area contributed by atoms with Crippen LogP contribution in [0.4, 0.5) is 4.79 Å². The topological polar surface area (TPSA) is 251 Å². The molecule has 6 amide bonds. The van der Waals surface area contributed by atoms with Crippen LogP contribution in [0.15, 0.2) is 30.3 Å². The van der Waals surface area contributed by atoms with Gasteiger partial charge in [-0.15, -0.1) is 0 Å². The first-order valence-electron chi connectivity index (χ1n) is 19.5. The van der Waals surface area contributed by atoms with Gasteiger partial charge in [0.15, 0.2) is 0 Å². The number of carbonyl (C=O) groups is 7. The first-order valence-corrected chi connectivity index (χ1v) is 19.5. The molecule has 2 unspecified atom stereocenters. The van der Waals surface area contributed by atoms with Crippen molar-refractivity contribution in [1.82, 2.24) is 31.9 Å². The van der Waals surface area contributed by atoms with Crippen LogP contribution in [0.2, 0.25) is 0 Å². The van der Waals surface area contributed by atoms with Crippen molar-refractivity contribution in [3.8, 4) is 0 Å². The van der Waals surface area contributed by atoms with E-state index in [4.69, 9.17) is 9.47 Å². The maximum Gasteiger partial charge on any atom is 0.408 e. The molecule has 17 nitrogen and oxygen atoms in total. The van der Waals surface area contributed by atoms with Crippen molar-refractivity contribution < 1.29 is 53.2 Å². The summed E-state index contributed by atoms with van der Waals surface area (Å²) in [5.41, 5.74) is -2.27. The fraction of sp³-hybridized carbons (Fsp3) is 0.675. The molecule has 0 bridgehead atoms. The Morgan fingerprint density at radius 2 is 1.33 bits per heavy atom. The fourth-order valence-electron chi connectivity index (χ4n) is 6.55. The molecule has 1 aliphatic rings. The number of methoxy groups -OCH3 is 1. The predicted molar refractivity (Wildman–Crippen MR) is 210 cm³/mol. The molecule has 320 valence electrons. The predicted octanol–water partition coefficient (Wildman–Crippen LogP) is 0.985. The van der Waals surface area contributed by atoms with Crippen molar-refractivity contribution in [2.45, 2.75) is 142 Å². The highest BCUT2D eigenvalue weighted by Crippen LogP contribution is 2.31. The number of hydrogen-bond donors (Lipinski definition) is 8.